The number of halogens is 2. The first kappa shape index (κ1) is 23.1. The Kier molecular flexibility index (Phi) is 5.86. The van der Waals surface area contributed by atoms with Gasteiger partial charge in [0.2, 0.25) is 5.43 Å². The molecule has 0 spiro atoms. The first-order valence-electron chi connectivity index (χ1n) is 10.9. The number of ketones is 1. The predicted octanol–water partition coefficient (Wildman–Crippen LogP) is 2.96. The molecule has 7 nitrogen and oxygen atoms in total. The second kappa shape index (κ2) is 8.37. The zero-order valence-corrected chi connectivity index (χ0v) is 18.5. The van der Waals surface area contributed by atoms with Crippen LogP contribution >= 0.6 is 0 Å². The number of nitrogens with one attached hydrogen (secondary N) is 1. The van der Waals surface area contributed by atoms with E-state index in [0.29, 0.717) is 18.9 Å². The lowest BCUT2D eigenvalue weighted by Crippen LogP contribution is -2.58. The number of ether oxygens (including phenoxy) is 1. The number of aliphatic hydroxyl groups is 1. The Balaban J connectivity index is 1.72. The minimum Gasteiger partial charge on any atom is -0.491 e. The van der Waals surface area contributed by atoms with E-state index in [2.05, 4.69) is 5.32 Å². The van der Waals surface area contributed by atoms with Gasteiger partial charge in [-0.2, -0.15) is 0 Å². The fourth-order valence-corrected chi connectivity index (χ4v) is 4.99. The summed E-state index contributed by atoms with van der Waals surface area (Å²) in [5.41, 5.74) is -3.36. The van der Waals surface area contributed by atoms with Crippen LogP contribution in [0.4, 0.5) is 8.78 Å². The Labute approximate surface area is 189 Å². The van der Waals surface area contributed by atoms with Gasteiger partial charge in [-0.3, -0.25) is 14.4 Å². The van der Waals surface area contributed by atoms with E-state index in [-0.39, 0.29) is 41.4 Å². The van der Waals surface area contributed by atoms with Crippen molar-refractivity contribution in [3.8, 4) is 5.75 Å². The van der Waals surface area contributed by atoms with Crippen molar-refractivity contribution in [3.05, 3.63) is 63.1 Å². The van der Waals surface area contributed by atoms with Crippen LogP contribution in [0.15, 0.2) is 29.2 Å². The zero-order chi connectivity index (χ0) is 24.0. The molecule has 2 atom stereocenters. The van der Waals surface area contributed by atoms with Gasteiger partial charge in [0.1, 0.15) is 22.9 Å². The number of pyridine rings is 1. The van der Waals surface area contributed by atoms with Gasteiger partial charge in [-0.05, 0) is 25.8 Å². The smallest absolute Gasteiger partial charge is 0.257 e. The van der Waals surface area contributed by atoms with Crippen molar-refractivity contribution in [2.75, 3.05) is 7.11 Å². The number of rotatable bonds is 4. The van der Waals surface area contributed by atoms with Crippen LogP contribution < -0.4 is 15.5 Å². The second-order valence-corrected chi connectivity index (χ2v) is 9.05. The quantitative estimate of drug-likeness (QED) is 0.731. The normalized spacial score (nSPS) is 24.5. The van der Waals surface area contributed by atoms with Gasteiger partial charge in [-0.15, -0.1) is 0 Å². The van der Waals surface area contributed by atoms with Crippen molar-refractivity contribution in [1.29, 1.82) is 0 Å². The van der Waals surface area contributed by atoms with Crippen molar-refractivity contribution < 1.29 is 28.2 Å². The number of carbonyl (C=O) groups is 2. The van der Waals surface area contributed by atoms with Gasteiger partial charge in [-0.1, -0.05) is 25.3 Å². The summed E-state index contributed by atoms with van der Waals surface area (Å²) >= 11 is 0. The van der Waals surface area contributed by atoms with E-state index < -0.39 is 34.0 Å². The molecule has 2 aromatic rings. The topological polar surface area (TPSA) is 97.6 Å². The molecule has 1 aliphatic carbocycles. The summed E-state index contributed by atoms with van der Waals surface area (Å²) in [6.07, 6.45) is 4.61. The molecular formula is C24H26F2N2O5. The van der Waals surface area contributed by atoms with Gasteiger partial charge in [0.05, 0.1) is 24.7 Å². The van der Waals surface area contributed by atoms with Crippen molar-refractivity contribution in [2.24, 2.45) is 5.41 Å². The monoisotopic (exact) mass is 460 g/mol. The predicted molar refractivity (Wildman–Crippen MR) is 115 cm³/mol. The number of fused-ring (bicyclic) bond motifs is 2. The molecule has 4 rings (SSSR count). The number of aromatic nitrogens is 1. The highest BCUT2D eigenvalue weighted by Crippen LogP contribution is 2.49. The molecule has 33 heavy (non-hydrogen) atoms. The van der Waals surface area contributed by atoms with E-state index in [1.54, 1.807) is 6.92 Å². The maximum absolute atomic E-state index is 13.9. The maximum atomic E-state index is 13.9. The average Bonchev–Trinajstić information content (AvgIpc) is 2.92. The van der Waals surface area contributed by atoms with Crippen molar-refractivity contribution >= 4 is 11.7 Å². The van der Waals surface area contributed by atoms with Crippen LogP contribution in [0.25, 0.3) is 0 Å². The first-order chi connectivity index (χ1) is 15.6. The van der Waals surface area contributed by atoms with Gasteiger partial charge in [0.25, 0.3) is 5.91 Å². The number of amides is 1. The highest BCUT2D eigenvalue weighted by Gasteiger charge is 2.57. The molecular weight excluding hydrogens is 434 g/mol. The van der Waals surface area contributed by atoms with E-state index in [0.717, 1.165) is 25.3 Å². The van der Waals surface area contributed by atoms with Gasteiger partial charge in [-0.25, -0.2) is 8.78 Å². The number of hydrogen-bond acceptors (Lipinski definition) is 5. The van der Waals surface area contributed by atoms with Crippen LogP contribution in [0.5, 0.6) is 5.75 Å². The molecule has 2 heterocycles. The number of carbonyl (C=O) groups excluding carboxylic acids is 2. The van der Waals surface area contributed by atoms with Crippen molar-refractivity contribution in [1.82, 2.24) is 9.88 Å². The van der Waals surface area contributed by atoms with Crippen molar-refractivity contribution in [2.45, 2.75) is 57.7 Å². The summed E-state index contributed by atoms with van der Waals surface area (Å²) in [6, 6.07) is 2.97. The molecule has 1 aromatic carbocycles. The molecule has 9 heteroatoms. The molecule has 0 saturated heterocycles. The first-order valence-corrected chi connectivity index (χ1v) is 10.9. The third-order valence-electron chi connectivity index (χ3n) is 7.08. The Hall–Kier alpha value is -3.07. The Morgan fingerprint density at radius 2 is 1.94 bits per heavy atom. The molecule has 2 aliphatic rings. The van der Waals surface area contributed by atoms with Crippen LogP contribution in [0.3, 0.4) is 0 Å². The number of Topliss-reactive ketones (excluding diaryl/α,β-unsaturated/α-hetero) is 1. The van der Waals surface area contributed by atoms with E-state index in [4.69, 9.17) is 4.74 Å². The third-order valence-corrected chi connectivity index (χ3v) is 7.08. The fourth-order valence-electron chi connectivity index (χ4n) is 4.99. The Morgan fingerprint density at radius 1 is 1.21 bits per heavy atom. The lowest BCUT2D eigenvalue weighted by Gasteiger charge is -2.47. The molecule has 2 N–H and O–H groups in total. The molecule has 1 saturated carbocycles. The minimum atomic E-state index is -1.32. The summed E-state index contributed by atoms with van der Waals surface area (Å²) in [4.78, 5) is 39.4. The second-order valence-electron chi connectivity index (χ2n) is 9.05. The zero-order valence-electron chi connectivity index (χ0n) is 18.5. The molecule has 1 fully saturated rings. The maximum Gasteiger partial charge on any atom is 0.257 e. The van der Waals surface area contributed by atoms with Crippen LogP contribution in [-0.2, 0) is 13.1 Å². The number of hydrogen-bond donors (Lipinski definition) is 2. The van der Waals surface area contributed by atoms with Gasteiger partial charge in [0, 0.05) is 24.4 Å². The van der Waals surface area contributed by atoms with Crippen LogP contribution in [0.1, 0.15) is 65.4 Å². The van der Waals surface area contributed by atoms with Crippen LogP contribution in [0.2, 0.25) is 0 Å². The summed E-state index contributed by atoms with van der Waals surface area (Å²) in [5.74, 6) is -3.00. The highest BCUT2D eigenvalue weighted by molar-refractivity contribution is 6.04. The van der Waals surface area contributed by atoms with Crippen LogP contribution in [-0.4, -0.2) is 34.1 Å². The van der Waals surface area contributed by atoms with E-state index >= 15 is 0 Å². The van der Waals surface area contributed by atoms with E-state index in [1.165, 1.54) is 23.9 Å². The molecule has 0 unspecified atom stereocenters. The minimum absolute atomic E-state index is 0.0358. The lowest BCUT2D eigenvalue weighted by atomic mass is 9.64. The molecule has 1 aliphatic heterocycles. The molecule has 0 bridgehead atoms. The summed E-state index contributed by atoms with van der Waals surface area (Å²) in [5, 5.41) is 13.9. The number of benzene rings is 1. The largest absolute Gasteiger partial charge is 0.491 e. The molecule has 0 radical (unpaired) electrons. The SMILES string of the molecule is COc1c2n(cc(C(=O)NCc3ccc(F)cc3F)c1=O)C[C@@]1(O)CCCCC[C@@]1(C)C2=O. The van der Waals surface area contributed by atoms with Crippen LogP contribution in [0, 0.1) is 17.0 Å². The number of nitrogens with zero attached hydrogens (tertiary/aromatic N) is 1. The summed E-state index contributed by atoms with van der Waals surface area (Å²) in [7, 11) is 1.25. The average molecular weight is 460 g/mol. The van der Waals surface area contributed by atoms with E-state index in [1.807, 2.05) is 0 Å². The Bertz CT molecular complexity index is 1190. The summed E-state index contributed by atoms with van der Waals surface area (Å²) < 4.78 is 33.7. The molecule has 1 aromatic heterocycles. The summed E-state index contributed by atoms with van der Waals surface area (Å²) in [6.45, 7) is 1.50. The standard InChI is InChI=1S/C24H26F2N2O5/c1-23-8-4-3-5-9-24(23,32)13-28-12-16(19(29)20(33-2)18(28)21(23)30)22(31)27-11-14-6-7-15(25)10-17(14)26/h6-7,10,12,32H,3-5,8-9,11,13H2,1-2H3,(H,27,31)/t23-,24-/m0/s1. The van der Waals surface area contributed by atoms with E-state index in [9.17, 15) is 28.3 Å². The van der Waals surface area contributed by atoms with Gasteiger partial charge < -0.3 is 19.7 Å². The lowest BCUT2D eigenvalue weighted by molar-refractivity contribution is -0.0832. The van der Waals surface area contributed by atoms with Gasteiger partial charge >= 0.3 is 0 Å². The molecule has 1 amide bonds. The van der Waals surface area contributed by atoms with Crippen molar-refractivity contribution in [3.63, 3.8) is 0 Å². The third kappa shape index (κ3) is 3.74. The molecule has 176 valence electrons. The number of methoxy groups -OCH3 is 1. The van der Waals surface area contributed by atoms with Gasteiger partial charge in [0.15, 0.2) is 11.5 Å². The Morgan fingerprint density at radius 3 is 2.64 bits per heavy atom. The fraction of sp³-hybridized carbons (Fsp3) is 0.458. The highest BCUT2D eigenvalue weighted by atomic mass is 19.1.